The topological polar surface area (TPSA) is 84.5 Å². The van der Waals surface area contributed by atoms with E-state index in [0.717, 1.165) is 30.6 Å². The second kappa shape index (κ2) is 9.84. The molecular formula is C20H23ClN2O4S2. The van der Waals surface area contributed by atoms with E-state index in [0.29, 0.717) is 5.69 Å². The van der Waals surface area contributed by atoms with Crippen LogP contribution in [-0.2, 0) is 14.8 Å². The maximum atomic E-state index is 12.5. The van der Waals surface area contributed by atoms with Crippen molar-refractivity contribution >= 4 is 45.0 Å². The van der Waals surface area contributed by atoms with Crippen molar-refractivity contribution in [2.75, 3.05) is 18.2 Å². The molecule has 0 unspecified atom stereocenters. The maximum Gasteiger partial charge on any atom is 0.262 e. The van der Waals surface area contributed by atoms with Crippen LogP contribution in [0.3, 0.4) is 0 Å². The van der Waals surface area contributed by atoms with E-state index in [2.05, 4.69) is 10.0 Å². The van der Waals surface area contributed by atoms with E-state index in [9.17, 15) is 13.2 Å². The quantitative estimate of drug-likeness (QED) is 0.581. The Labute approximate surface area is 180 Å². The van der Waals surface area contributed by atoms with E-state index < -0.39 is 10.0 Å². The van der Waals surface area contributed by atoms with Gasteiger partial charge in [0.1, 0.15) is 5.75 Å². The lowest BCUT2D eigenvalue weighted by molar-refractivity contribution is -0.118. The summed E-state index contributed by atoms with van der Waals surface area (Å²) in [7, 11) is -3.63. The zero-order chi connectivity index (χ0) is 20.9. The average Bonchev–Trinajstić information content (AvgIpc) is 3.19. The molecule has 1 aliphatic rings. The molecule has 0 heterocycles. The predicted molar refractivity (Wildman–Crippen MR) is 116 cm³/mol. The molecule has 1 amide bonds. The van der Waals surface area contributed by atoms with Crippen molar-refractivity contribution in [1.82, 2.24) is 4.72 Å². The van der Waals surface area contributed by atoms with Gasteiger partial charge in [0.05, 0.1) is 9.92 Å². The minimum atomic E-state index is -3.63. The number of ether oxygens (including phenoxy) is 1. The molecule has 9 heteroatoms. The van der Waals surface area contributed by atoms with Gasteiger partial charge in [0.25, 0.3) is 5.91 Å². The number of thioether (sulfide) groups is 1. The van der Waals surface area contributed by atoms with E-state index in [1.165, 1.54) is 18.2 Å². The van der Waals surface area contributed by atoms with E-state index in [4.69, 9.17) is 16.3 Å². The average molecular weight is 455 g/mol. The Balaban J connectivity index is 1.59. The predicted octanol–water partition coefficient (Wildman–Crippen LogP) is 4.30. The molecule has 2 aromatic rings. The highest BCUT2D eigenvalue weighted by Crippen LogP contribution is 2.28. The molecule has 0 radical (unpaired) electrons. The highest BCUT2D eigenvalue weighted by molar-refractivity contribution is 7.98. The number of hydrogen-bond donors (Lipinski definition) is 2. The minimum absolute atomic E-state index is 0.0250. The number of nitrogens with one attached hydrogen (secondary N) is 2. The van der Waals surface area contributed by atoms with Crippen LogP contribution < -0.4 is 14.8 Å². The molecule has 2 N–H and O–H groups in total. The summed E-state index contributed by atoms with van der Waals surface area (Å²) < 4.78 is 33.2. The first-order valence-electron chi connectivity index (χ1n) is 9.26. The van der Waals surface area contributed by atoms with Crippen LogP contribution >= 0.6 is 23.4 Å². The largest absolute Gasteiger partial charge is 0.482 e. The Kier molecular flexibility index (Phi) is 7.45. The Hall–Kier alpha value is -1.74. The Bertz CT molecular complexity index is 976. The van der Waals surface area contributed by atoms with Crippen molar-refractivity contribution in [3.05, 3.63) is 47.5 Å². The van der Waals surface area contributed by atoms with Gasteiger partial charge in [-0.1, -0.05) is 30.5 Å². The number of carbonyl (C=O) groups is 1. The van der Waals surface area contributed by atoms with Crippen LogP contribution in [0, 0.1) is 0 Å². The van der Waals surface area contributed by atoms with Crippen molar-refractivity contribution in [3.8, 4) is 5.75 Å². The van der Waals surface area contributed by atoms with Crippen molar-refractivity contribution in [3.63, 3.8) is 0 Å². The summed E-state index contributed by atoms with van der Waals surface area (Å²) in [6.45, 7) is -0.240. The van der Waals surface area contributed by atoms with E-state index in [1.54, 1.807) is 17.8 Å². The van der Waals surface area contributed by atoms with Crippen LogP contribution in [0.4, 0.5) is 5.69 Å². The van der Waals surface area contributed by atoms with Gasteiger partial charge in [-0.3, -0.25) is 4.79 Å². The fourth-order valence-corrected chi connectivity index (χ4v) is 5.23. The third kappa shape index (κ3) is 6.12. The number of hydrogen-bond acceptors (Lipinski definition) is 5. The summed E-state index contributed by atoms with van der Waals surface area (Å²) >= 11 is 7.76. The van der Waals surface area contributed by atoms with Gasteiger partial charge in [0, 0.05) is 16.6 Å². The van der Waals surface area contributed by atoms with Crippen molar-refractivity contribution in [2.24, 2.45) is 0 Å². The SMILES string of the molecule is CSc1cccc(NC(=O)COc2ccc(S(=O)(=O)NC3CCCC3)cc2Cl)c1. The fraction of sp³-hybridized carbons (Fsp3) is 0.350. The molecule has 1 fully saturated rings. The second-order valence-electron chi connectivity index (χ2n) is 6.76. The van der Waals surface area contributed by atoms with Crippen LogP contribution in [-0.4, -0.2) is 33.2 Å². The van der Waals surface area contributed by atoms with Crippen LogP contribution in [0.15, 0.2) is 52.3 Å². The highest BCUT2D eigenvalue weighted by atomic mass is 35.5. The molecule has 1 aliphatic carbocycles. The second-order valence-corrected chi connectivity index (χ2v) is 9.76. The molecule has 0 atom stereocenters. The number of carbonyl (C=O) groups excluding carboxylic acids is 1. The molecule has 29 heavy (non-hydrogen) atoms. The first-order chi connectivity index (χ1) is 13.9. The van der Waals surface area contributed by atoms with E-state index in [-0.39, 0.29) is 34.2 Å². The first-order valence-corrected chi connectivity index (χ1v) is 12.3. The van der Waals surface area contributed by atoms with E-state index >= 15 is 0 Å². The molecule has 156 valence electrons. The zero-order valence-corrected chi connectivity index (χ0v) is 18.4. The highest BCUT2D eigenvalue weighted by Gasteiger charge is 2.23. The van der Waals surface area contributed by atoms with Crippen molar-refractivity contribution in [2.45, 2.75) is 41.5 Å². The number of anilines is 1. The molecule has 1 saturated carbocycles. The Morgan fingerprint density at radius 2 is 1.97 bits per heavy atom. The lowest BCUT2D eigenvalue weighted by Gasteiger charge is -2.14. The van der Waals surface area contributed by atoms with Gasteiger partial charge < -0.3 is 10.1 Å². The monoisotopic (exact) mass is 454 g/mol. The van der Waals surface area contributed by atoms with Gasteiger partial charge in [-0.2, -0.15) is 0 Å². The summed E-state index contributed by atoms with van der Waals surface area (Å²) in [5.74, 6) is -0.0848. The lowest BCUT2D eigenvalue weighted by Crippen LogP contribution is -2.32. The number of rotatable bonds is 8. The summed E-state index contributed by atoms with van der Waals surface area (Å²) in [5.41, 5.74) is 0.677. The van der Waals surface area contributed by atoms with Gasteiger partial charge in [-0.25, -0.2) is 13.1 Å². The number of amides is 1. The van der Waals surface area contributed by atoms with Crippen LogP contribution in [0.2, 0.25) is 5.02 Å². The summed E-state index contributed by atoms with van der Waals surface area (Å²) in [5, 5.41) is 2.89. The molecule has 0 bridgehead atoms. The fourth-order valence-electron chi connectivity index (χ4n) is 3.14. The molecule has 3 rings (SSSR count). The molecule has 6 nitrogen and oxygen atoms in total. The number of sulfonamides is 1. The standard InChI is InChI=1S/C20H23ClN2O4S2/c1-28-16-8-4-7-15(11-16)22-20(24)13-27-19-10-9-17(12-18(19)21)29(25,26)23-14-5-2-3-6-14/h4,7-12,14,23H,2-3,5-6,13H2,1H3,(H,22,24). The molecule has 0 saturated heterocycles. The molecule has 0 aliphatic heterocycles. The normalized spacial score (nSPS) is 14.7. The van der Waals surface area contributed by atoms with Gasteiger partial charge in [0.15, 0.2) is 6.61 Å². The Morgan fingerprint density at radius 1 is 1.21 bits per heavy atom. The van der Waals surface area contributed by atoms with Gasteiger partial charge in [0.2, 0.25) is 10.0 Å². The lowest BCUT2D eigenvalue weighted by atomic mass is 10.3. The number of benzene rings is 2. The van der Waals surface area contributed by atoms with Crippen molar-refractivity contribution < 1.29 is 17.9 Å². The molecule has 0 aromatic heterocycles. The molecular weight excluding hydrogens is 432 g/mol. The Morgan fingerprint density at radius 3 is 2.66 bits per heavy atom. The van der Waals surface area contributed by atoms with E-state index in [1.807, 2.05) is 24.5 Å². The maximum absolute atomic E-state index is 12.5. The van der Waals surface area contributed by atoms with Gasteiger partial charge in [-0.05, 0) is 55.5 Å². The zero-order valence-electron chi connectivity index (χ0n) is 16.0. The van der Waals surface area contributed by atoms with Crippen LogP contribution in [0.1, 0.15) is 25.7 Å². The van der Waals surface area contributed by atoms with Crippen LogP contribution in [0.25, 0.3) is 0 Å². The van der Waals surface area contributed by atoms with Gasteiger partial charge in [-0.15, -0.1) is 11.8 Å². The molecule has 2 aromatic carbocycles. The summed E-state index contributed by atoms with van der Waals surface area (Å²) in [6, 6.07) is 11.7. The smallest absolute Gasteiger partial charge is 0.262 e. The third-order valence-corrected chi connectivity index (χ3v) is 7.14. The van der Waals surface area contributed by atoms with Crippen LogP contribution in [0.5, 0.6) is 5.75 Å². The number of halogens is 1. The third-order valence-electron chi connectivity index (χ3n) is 4.60. The van der Waals surface area contributed by atoms with Gasteiger partial charge >= 0.3 is 0 Å². The molecule has 0 spiro atoms. The first kappa shape index (κ1) is 22.0. The summed E-state index contributed by atoms with van der Waals surface area (Å²) in [4.78, 5) is 13.2. The van der Waals surface area contributed by atoms with Crippen molar-refractivity contribution in [1.29, 1.82) is 0 Å². The minimum Gasteiger partial charge on any atom is -0.482 e. The summed E-state index contributed by atoms with van der Waals surface area (Å²) in [6.07, 6.45) is 5.72.